The van der Waals surface area contributed by atoms with E-state index in [1.807, 2.05) is 12.1 Å². The third-order valence-electron chi connectivity index (χ3n) is 4.57. The van der Waals surface area contributed by atoms with Gasteiger partial charge in [-0.1, -0.05) is 24.3 Å². The van der Waals surface area contributed by atoms with Gasteiger partial charge < -0.3 is 33.6 Å². The molecule has 0 heterocycles. The minimum absolute atomic E-state index is 0. The van der Waals surface area contributed by atoms with Crippen molar-refractivity contribution >= 4 is 71.3 Å². The van der Waals surface area contributed by atoms with E-state index in [1.165, 1.54) is 0 Å². The third-order valence-corrected chi connectivity index (χ3v) is 4.57. The summed E-state index contributed by atoms with van der Waals surface area (Å²) in [5, 5.41) is 20.7. The highest BCUT2D eigenvalue weighted by Gasteiger charge is 2.08. The average Bonchev–Trinajstić information content (AvgIpc) is 2.81. The van der Waals surface area contributed by atoms with Crippen LogP contribution in [0.2, 0.25) is 0 Å². The first-order chi connectivity index (χ1) is 16.6. The van der Waals surface area contributed by atoms with Crippen LogP contribution in [0.4, 0.5) is 11.4 Å². The second-order valence-corrected chi connectivity index (χ2v) is 7.53. The number of hydrogen-bond donors (Lipinski definition) is 6. The molecule has 37 heavy (non-hydrogen) atoms. The molecule has 0 aliphatic carbocycles. The fraction of sp³-hybridized carbons (Fsp3) is 0.217. The predicted molar refractivity (Wildman–Crippen MR) is 155 cm³/mol. The van der Waals surface area contributed by atoms with Gasteiger partial charge in [0.15, 0.2) is 0 Å². The molecule has 0 fully saturated rings. The van der Waals surface area contributed by atoms with Crippen LogP contribution in [0.25, 0.3) is 0 Å². The summed E-state index contributed by atoms with van der Waals surface area (Å²) in [5.74, 6) is -0.695. The largest absolute Gasteiger partial charge is 0.369 e. The smallest absolute Gasteiger partial charge is 0.224 e. The summed E-state index contributed by atoms with van der Waals surface area (Å²) in [4.78, 5) is 24.6. The molecule has 200 valence electrons. The normalized spacial score (nSPS) is 10.8. The lowest BCUT2D eigenvalue weighted by Crippen LogP contribution is -2.22. The van der Waals surface area contributed by atoms with E-state index < -0.39 is 0 Å². The number of rotatable bonds is 10. The first-order valence-electron chi connectivity index (χ1n) is 10.7. The molecule has 0 spiro atoms. The lowest BCUT2D eigenvalue weighted by Gasteiger charge is -2.08. The molecule has 0 aromatic heterocycles. The van der Waals surface area contributed by atoms with E-state index in [-0.39, 0.29) is 61.4 Å². The highest BCUT2D eigenvalue weighted by molar-refractivity contribution is 6.02. The lowest BCUT2D eigenvalue weighted by atomic mass is 10.1. The van der Waals surface area contributed by atoms with Crippen molar-refractivity contribution in [3.05, 3.63) is 59.7 Å². The molecule has 14 heteroatoms. The zero-order chi connectivity index (χ0) is 25.8. The highest BCUT2D eigenvalue weighted by Crippen LogP contribution is 2.14. The second-order valence-electron chi connectivity index (χ2n) is 7.53. The van der Waals surface area contributed by atoms with Gasteiger partial charge in [0.2, 0.25) is 23.7 Å². The van der Waals surface area contributed by atoms with Gasteiger partial charge >= 0.3 is 0 Å². The molecule has 0 atom stereocenters. The summed E-state index contributed by atoms with van der Waals surface area (Å²) in [7, 11) is 0. The van der Waals surface area contributed by atoms with E-state index >= 15 is 0 Å². The Bertz CT molecular complexity index is 1100. The van der Waals surface area contributed by atoms with E-state index in [9.17, 15) is 9.59 Å². The van der Waals surface area contributed by atoms with E-state index in [1.54, 1.807) is 50.2 Å². The molecule has 12 nitrogen and oxygen atoms in total. The Labute approximate surface area is 227 Å². The summed E-state index contributed by atoms with van der Waals surface area (Å²) < 4.78 is 0. The molecule has 0 bridgehead atoms. The van der Waals surface area contributed by atoms with E-state index in [4.69, 9.17) is 22.9 Å². The van der Waals surface area contributed by atoms with Crippen LogP contribution < -0.4 is 33.6 Å². The Balaban J connectivity index is 0.00000648. The van der Waals surface area contributed by atoms with Crippen molar-refractivity contribution in [2.45, 2.75) is 33.1 Å². The quantitative estimate of drug-likeness (QED) is 0.148. The van der Waals surface area contributed by atoms with Crippen LogP contribution >= 0.6 is 24.8 Å². The van der Waals surface area contributed by atoms with Crippen molar-refractivity contribution in [1.29, 1.82) is 0 Å². The number of carbonyl (C=O) groups is 2. The van der Waals surface area contributed by atoms with Crippen molar-refractivity contribution in [2.24, 2.45) is 43.3 Å². The first-order valence-corrected chi connectivity index (χ1v) is 10.7. The molecular formula is C23H32Cl2N10O2. The number of amides is 2. The summed E-state index contributed by atoms with van der Waals surface area (Å²) >= 11 is 0. The number of anilines is 2. The Hall–Kier alpha value is -4.16. The highest BCUT2D eigenvalue weighted by atomic mass is 35.5. The van der Waals surface area contributed by atoms with E-state index in [0.29, 0.717) is 29.2 Å². The maximum atomic E-state index is 12.3. The maximum Gasteiger partial charge on any atom is 0.224 e. The van der Waals surface area contributed by atoms with E-state index in [0.717, 1.165) is 11.1 Å². The topological polar surface area (TPSA) is 212 Å². The van der Waals surface area contributed by atoms with Gasteiger partial charge in [-0.15, -0.1) is 35.0 Å². The lowest BCUT2D eigenvalue weighted by molar-refractivity contribution is -0.117. The molecule has 0 saturated carbocycles. The van der Waals surface area contributed by atoms with Crippen LogP contribution in [-0.2, 0) is 9.59 Å². The minimum Gasteiger partial charge on any atom is -0.369 e. The van der Waals surface area contributed by atoms with Gasteiger partial charge in [0, 0.05) is 24.2 Å². The monoisotopic (exact) mass is 550 g/mol. The number of halogens is 2. The molecule has 0 unspecified atom stereocenters. The summed E-state index contributed by atoms with van der Waals surface area (Å²) in [6.07, 6.45) is 0.749. The van der Waals surface area contributed by atoms with Crippen LogP contribution in [0, 0.1) is 0 Å². The molecule has 2 amide bonds. The molecule has 0 radical (unpaired) electrons. The third kappa shape index (κ3) is 12.4. The molecular weight excluding hydrogens is 519 g/mol. The molecule has 2 aromatic rings. The van der Waals surface area contributed by atoms with Crippen molar-refractivity contribution in [3.63, 3.8) is 0 Å². The summed E-state index contributed by atoms with van der Waals surface area (Å²) in [6, 6.07) is 14.2. The van der Waals surface area contributed by atoms with Crippen molar-refractivity contribution in [3.8, 4) is 0 Å². The zero-order valence-electron chi connectivity index (χ0n) is 20.5. The Morgan fingerprint density at radius 1 is 0.676 bits per heavy atom. The predicted octanol–water partition coefficient (Wildman–Crippen LogP) is 2.27. The molecule has 0 saturated heterocycles. The molecule has 2 aromatic carbocycles. The van der Waals surface area contributed by atoms with Crippen LogP contribution in [0.1, 0.15) is 44.2 Å². The number of nitrogens with one attached hydrogen (secondary N) is 2. The number of guanidine groups is 2. The Morgan fingerprint density at radius 2 is 1.05 bits per heavy atom. The molecule has 0 aliphatic rings. The number of benzene rings is 2. The number of hydrogen-bond acceptors (Lipinski definition) is 6. The van der Waals surface area contributed by atoms with Crippen molar-refractivity contribution in [2.75, 3.05) is 10.6 Å². The fourth-order valence-electron chi connectivity index (χ4n) is 2.88. The summed E-state index contributed by atoms with van der Waals surface area (Å²) in [5.41, 5.74) is 25.0. The van der Waals surface area contributed by atoms with Gasteiger partial charge in [-0.3, -0.25) is 9.59 Å². The standard InChI is InChI=1S/C23H30N10O2.2ClH/c1-14(30-32-22(24)25)16-6-3-8-18(12-16)28-20(34)10-5-11-21(35)29-19-9-4-7-17(13-19)15(2)31-33-23(26)27;;/h3-4,6-9,12-13H,5,10-11H2,1-2H3,(H,28,34)(H,29,35)(H4,24,25,32)(H4,26,27,33);2*1H/b30-14+,31-15+;;. The van der Waals surface area contributed by atoms with Crippen LogP contribution in [0.3, 0.4) is 0 Å². The van der Waals surface area contributed by atoms with Gasteiger partial charge in [-0.05, 0) is 55.7 Å². The van der Waals surface area contributed by atoms with Crippen LogP contribution in [0.5, 0.6) is 0 Å². The minimum atomic E-state index is -0.206. The first kappa shape index (κ1) is 32.8. The maximum absolute atomic E-state index is 12.3. The van der Waals surface area contributed by atoms with Gasteiger partial charge in [-0.25, -0.2) is 0 Å². The molecule has 2 rings (SSSR count). The van der Waals surface area contributed by atoms with Crippen molar-refractivity contribution in [1.82, 2.24) is 0 Å². The van der Waals surface area contributed by atoms with E-state index in [2.05, 4.69) is 31.0 Å². The number of nitrogens with zero attached hydrogens (tertiary/aromatic N) is 4. The molecule has 10 N–H and O–H groups in total. The SMILES string of the molecule is C/C(=N\N=C(N)N)c1cccc(NC(=O)CCCC(=O)Nc2cccc(/C(C)=N/N=C(N)N)c2)c1.Cl.Cl. The van der Waals surface area contributed by atoms with Crippen molar-refractivity contribution < 1.29 is 9.59 Å². The van der Waals surface area contributed by atoms with Gasteiger partial charge in [0.05, 0.1) is 11.4 Å². The van der Waals surface area contributed by atoms with Gasteiger partial charge in [0.1, 0.15) is 0 Å². The molecule has 0 aliphatic heterocycles. The Morgan fingerprint density at radius 3 is 1.41 bits per heavy atom. The van der Waals surface area contributed by atoms with Gasteiger partial charge in [0.25, 0.3) is 0 Å². The Kier molecular flexibility index (Phi) is 14.6. The fourth-order valence-corrected chi connectivity index (χ4v) is 2.88. The second kappa shape index (κ2) is 16.5. The number of carbonyl (C=O) groups excluding carboxylic acids is 2. The van der Waals surface area contributed by atoms with Gasteiger partial charge in [-0.2, -0.15) is 10.2 Å². The summed E-state index contributed by atoms with van der Waals surface area (Å²) in [6.45, 7) is 3.50. The average molecular weight is 551 g/mol. The zero-order valence-corrected chi connectivity index (χ0v) is 22.1. The number of nitrogens with two attached hydrogens (primary N) is 4. The van der Waals surface area contributed by atoms with Crippen LogP contribution in [-0.4, -0.2) is 35.2 Å². The van der Waals surface area contributed by atoms with Crippen LogP contribution in [0.15, 0.2) is 68.9 Å².